The van der Waals surface area contributed by atoms with Crippen molar-refractivity contribution in [3.05, 3.63) is 59.2 Å². The molecule has 1 nitrogen and oxygen atoms in total. The topological polar surface area (TPSA) is 9.23 Å². The molecule has 0 radical (unpaired) electrons. The number of rotatable bonds is 2. The molecular weight excluding hydrogens is 310 g/mol. The zero-order chi connectivity index (χ0) is 16.5. The van der Waals surface area contributed by atoms with Crippen LogP contribution >= 0.6 is 0 Å². The van der Waals surface area contributed by atoms with E-state index in [1.54, 1.807) is 0 Å². The second-order valence-corrected chi connectivity index (χ2v) is 4.62. The predicted octanol–water partition coefficient (Wildman–Crippen LogP) is 5.82. The summed E-state index contributed by atoms with van der Waals surface area (Å²) in [5.74, 6) is -0.569. The molecule has 0 fully saturated rings. The van der Waals surface area contributed by atoms with Crippen LogP contribution in [0.25, 0.3) is 0 Å². The van der Waals surface area contributed by atoms with E-state index in [4.69, 9.17) is 4.74 Å². The van der Waals surface area contributed by atoms with Gasteiger partial charge in [-0.2, -0.15) is 26.3 Å². The average Bonchev–Trinajstić information content (AvgIpc) is 2.39. The van der Waals surface area contributed by atoms with E-state index in [0.29, 0.717) is 5.56 Å². The highest BCUT2D eigenvalue weighted by molar-refractivity contribution is 5.42. The van der Waals surface area contributed by atoms with Crippen LogP contribution in [0.5, 0.6) is 11.5 Å². The lowest BCUT2D eigenvalue weighted by Gasteiger charge is -2.15. The van der Waals surface area contributed by atoms with Gasteiger partial charge in [0.2, 0.25) is 0 Å². The molecule has 0 aliphatic heterocycles. The van der Waals surface area contributed by atoms with E-state index in [-0.39, 0.29) is 5.75 Å². The zero-order valence-corrected chi connectivity index (χ0v) is 11.2. The van der Waals surface area contributed by atoms with E-state index in [0.717, 1.165) is 36.4 Å². The second kappa shape index (κ2) is 5.55. The van der Waals surface area contributed by atoms with Crippen molar-refractivity contribution in [1.82, 2.24) is 0 Å². The Morgan fingerprint density at radius 2 is 1.36 bits per heavy atom. The third-order valence-electron chi connectivity index (χ3n) is 2.85. The van der Waals surface area contributed by atoms with Crippen LogP contribution in [-0.2, 0) is 12.4 Å². The third kappa shape index (κ3) is 3.72. The van der Waals surface area contributed by atoms with E-state index in [2.05, 4.69) is 0 Å². The molecule has 2 rings (SSSR count). The molecule has 2 aromatic rings. The molecule has 0 spiro atoms. The molecule has 0 saturated heterocycles. The van der Waals surface area contributed by atoms with Gasteiger partial charge in [0.15, 0.2) is 0 Å². The first-order valence-electron chi connectivity index (χ1n) is 6.10. The lowest BCUT2D eigenvalue weighted by Crippen LogP contribution is -2.08. The minimum atomic E-state index is -4.62. The first-order valence-corrected chi connectivity index (χ1v) is 6.10. The van der Waals surface area contributed by atoms with Crippen molar-refractivity contribution in [1.29, 1.82) is 0 Å². The summed E-state index contributed by atoms with van der Waals surface area (Å²) in [4.78, 5) is 0. The SMILES string of the molecule is Cc1ccc(Oc2ccc(C(F)(F)F)cc2)c(C(F)(F)F)c1. The van der Waals surface area contributed by atoms with E-state index in [1.165, 1.54) is 13.0 Å². The molecule has 0 saturated carbocycles. The Labute approximate surface area is 122 Å². The minimum Gasteiger partial charge on any atom is -0.457 e. The van der Waals surface area contributed by atoms with Crippen LogP contribution in [0.3, 0.4) is 0 Å². The van der Waals surface area contributed by atoms with Gasteiger partial charge in [0, 0.05) is 0 Å². The van der Waals surface area contributed by atoms with Gasteiger partial charge >= 0.3 is 12.4 Å². The van der Waals surface area contributed by atoms with Crippen molar-refractivity contribution in [2.75, 3.05) is 0 Å². The van der Waals surface area contributed by atoms with Crippen LogP contribution < -0.4 is 4.74 Å². The molecule has 118 valence electrons. The number of hydrogen-bond donors (Lipinski definition) is 0. The minimum absolute atomic E-state index is 0.109. The van der Waals surface area contributed by atoms with Gasteiger partial charge < -0.3 is 4.74 Å². The summed E-state index contributed by atoms with van der Waals surface area (Å²) >= 11 is 0. The Morgan fingerprint density at radius 1 is 0.773 bits per heavy atom. The van der Waals surface area contributed by atoms with Gasteiger partial charge in [-0.3, -0.25) is 0 Å². The van der Waals surface area contributed by atoms with Crippen molar-refractivity contribution in [2.45, 2.75) is 19.3 Å². The molecule has 7 heteroatoms. The molecule has 0 heterocycles. The van der Waals surface area contributed by atoms with Gasteiger partial charge in [-0.15, -0.1) is 0 Å². The van der Waals surface area contributed by atoms with Gasteiger partial charge in [0.05, 0.1) is 11.1 Å². The molecule has 0 unspecified atom stereocenters. The summed E-state index contributed by atoms with van der Waals surface area (Å²) in [5, 5.41) is 0. The molecular formula is C15H10F6O. The normalized spacial score (nSPS) is 12.3. The summed E-state index contributed by atoms with van der Waals surface area (Å²) in [5.41, 5.74) is -1.49. The first-order chi connectivity index (χ1) is 10.1. The van der Waals surface area contributed by atoms with Crippen LogP contribution in [0.2, 0.25) is 0 Å². The fraction of sp³-hybridized carbons (Fsp3) is 0.200. The van der Waals surface area contributed by atoms with Gasteiger partial charge in [-0.05, 0) is 43.3 Å². The summed E-state index contributed by atoms with van der Waals surface area (Å²) in [6.45, 7) is 1.50. The van der Waals surface area contributed by atoms with E-state index < -0.39 is 29.2 Å². The summed E-state index contributed by atoms with van der Waals surface area (Å²) in [6.07, 6.45) is -9.13. The maximum absolute atomic E-state index is 12.9. The molecule has 0 amide bonds. The van der Waals surface area contributed by atoms with Crippen LogP contribution in [0.1, 0.15) is 16.7 Å². The highest BCUT2D eigenvalue weighted by Gasteiger charge is 2.35. The van der Waals surface area contributed by atoms with Crippen LogP contribution in [0.15, 0.2) is 42.5 Å². The maximum Gasteiger partial charge on any atom is 0.419 e. The van der Waals surface area contributed by atoms with Crippen molar-refractivity contribution < 1.29 is 31.1 Å². The molecule has 0 aliphatic carbocycles. The molecule has 0 bridgehead atoms. The average molecular weight is 320 g/mol. The highest BCUT2D eigenvalue weighted by atomic mass is 19.4. The van der Waals surface area contributed by atoms with Crippen molar-refractivity contribution in [3.63, 3.8) is 0 Å². The van der Waals surface area contributed by atoms with Crippen molar-refractivity contribution in [3.8, 4) is 11.5 Å². The fourth-order valence-electron chi connectivity index (χ4n) is 1.79. The van der Waals surface area contributed by atoms with Crippen LogP contribution in [0.4, 0.5) is 26.3 Å². The fourth-order valence-corrected chi connectivity index (χ4v) is 1.79. The highest BCUT2D eigenvalue weighted by Crippen LogP contribution is 2.39. The summed E-state index contributed by atoms with van der Waals surface area (Å²) in [6, 6.07) is 6.92. The van der Waals surface area contributed by atoms with Gasteiger partial charge in [0.1, 0.15) is 11.5 Å². The lowest BCUT2D eigenvalue weighted by atomic mass is 10.1. The smallest absolute Gasteiger partial charge is 0.419 e. The molecule has 2 aromatic carbocycles. The number of halogens is 6. The zero-order valence-electron chi connectivity index (χ0n) is 11.2. The first kappa shape index (κ1) is 16.2. The monoisotopic (exact) mass is 320 g/mol. The molecule has 22 heavy (non-hydrogen) atoms. The Bertz CT molecular complexity index is 655. The summed E-state index contributed by atoms with van der Waals surface area (Å²) in [7, 11) is 0. The van der Waals surface area contributed by atoms with Crippen molar-refractivity contribution in [2.24, 2.45) is 0 Å². The summed E-state index contributed by atoms with van der Waals surface area (Å²) < 4.78 is 81.1. The number of alkyl halides is 6. The van der Waals surface area contributed by atoms with E-state index in [9.17, 15) is 26.3 Å². The molecule has 0 aliphatic rings. The second-order valence-electron chi connectivity index (χ2n) is 4.62. The van der Waals surface area contributed by atoms with Crippen molar-refractivity contribution >= 4 is 0 Å². The standard InChI is InChI=1S/C15H10F6O/c1-9-2-7-13(12(8-9)15(19,20)21)22-11-5-3-10(4-6-11)14(16,17)18/h2-8H,1H3. The Morgan fingerprint density at radius 3 is 1.86 bits per heavy atom. The molecule has 0 N–H and O–H groups in total. The predicted molar refractivity (Wildman–Crippen MR) is 67.7 cm³/mol. The third-order valence-corrected chi connectivity index (χ3v) is 2.85. The van der Waals surface area contributed by atoms with E-state index in [1.807, 2.05) is 0 Å². The Balaban J connectivity index is 2.32. The number of benzene rings is 2. The van der Waals surface area contributed by atoms with E-state index >= 15 is 0 Å². The number of aryl methyl sites for hydroxylation is 1. The molecule has 0 atom stereocenters. The van der Waals surface area contributed by atoms with Crippen LogP contribution in [0, 0.1) is 6.92 Å². The Kier molecular flexibility index (Phi) is 4.08. The number of ether oxygens (including phenoxy) is 1. The maximum atomic E-state index is 12.9. The number of hydrogen-bond acceptors (Lipinski definition) is 1. The van der Waals surface area contributed by atoms with Crippen LogP contribution in [-0.4, -0.2) is 0 Å². The lowest BCUT2D eigenvalue weighted by molar-refractivity contribution is -0.138. The van der Waals surface area contributed by atoms with Gasteiger partial charge in [-0.25, -0.2) is 0 Å². The van der Waals surface area contributed by atoms with Gasteiger partial charge in [0.25, 0.3) is 0 Å². The largest absolute Gasteiger partial charge is 0.457 e. The molecule has 0 aromatic heterocycles. The van der Waals surface area contributed by atoms with Gasteiger partial charge in [-0.1, -0.05) is 11.6 Å². The quantitative estimate of drug-likeness (QED) is 0.633. The Hall–Kier alpha value is -2.18.